The molecule has 8 heteroatoms. The van der Waals surface area contributed by atoms with Gasteiger partial charge in [0, 0.05) is 42.3 Å². The van der Waals surface area contributed by atoms with Crippen LogP contribution in [0.1, 0.15) is 33.6 Å². The highest BCUT2D eigenvalue weighted by molar-refractivity contribution is 7.89. The number of hydrogen-bond donors (Lipinski definition) is 2. The van der Waals surface area contributed by atoms with E-state index >= 15 is 0 Å². The maximum absolute atomic E-state index is 12.6. The average molecular weight is 375 g/mol. The summed E-state index contributed by atoms with van der Waals surface area (Å²) >= 11 is 0. The fourth-order valence-electron chi connectivity index (χ4n) is 3.48. The number of anilines is 1. The minimum absolute atomic E-state index is 0.263. The molecular weight excluding hydrogens is 350 g/mol. The van der Waals surface area contributed by atoms with E-state index in [1.807, 2.05) is 6.92 Å². The van der Waals surface area contributed by atoms with Gasteiger partial charge in [0.1, 0.15) is 0 Å². The molecule has 0 unspecified atom stereocenters. The molecule has 0 amide bonds. The van der Waals surface area contributed by atoms with E-state index in [4.69, 9.17) is 0 Å². The number of piperazine rings is 1. The number of sulfonamides is 1. The van der Waals surface area contributed by atoms with Crippen LogP contribution in [0.15, 0.2) is 29.3 Å². The Morgan fingerprint density at radius 2 is 1.92 bits per heavy atom. The SMILES string of the molecule is C[C@H]1CN(c2ncc3cc(S(=O)(=O)NC4(C)CC4)ccc3n2)C[C@H](C)N1. The summed E-state index contributed by atoms with van der Waals surface area (Å²) in [5, 5.41) is 4.22. The van der Waals surface area contributed by atoms with Crippen LogP contribution in [0.25, 0.3) is 10.9 Å². The van der Waals surface area contributed by atoms with Gasteiger partial charge in [-0.05, 0) is 51.8 Å². The lowest BCUT2D eigenvalue weighted by atomic mass is 10.1. The van der Waals surface area contributed by atoms with Crippen LogP contribution < -0.4 is 14.9 Å². The molecule has 140 valence electrons. The van der Waals surface area contributed by atoms with Crippen LogP contribution >= 0.6 is 0 Å². The minimum Gasteiger partial charge on any atom is -0.338 e. The maximum Gasteiger partial charge on any atom is 0.241 e. The van der Waals surface area contributed by atoms with Crippen LogP contribution in [0.2, 0.25) is 0 Å². The van der Waals surface area contributed by atoms with Crippen molar-refractivity contribution in [3.8, 4) is 0 Å². The third kappa shape index (κ3) is 3.54. The molecule has 2 fully saturated rings. The summed E-state index contributed by atoms with van der Waals surface area (Å²) in [5.41, 5.74) is 0.467. The monoisotopic (exact) mass is 375 g/mol. The van der Waals surface area contributed by atoms with Gasteiger partial charge in [0.25, 0.3) is 0 Å². The summed E-state index contributed by atoms with van der Waals surface area (Å²) < 4.78 is 27.9. The standard InChI is InChI=1S/C18H25N5O2S/c1-12-10-23(11-13(2)20-12)17-19-9-14-8-15(4-5-16(14)21-17)26(24,25)22-18(3)6-7-18/h4-5,8-9,12-13,20,22H,6-7,10-11H2,1-3H3/t12-,13-/m0/s1. The molecule has 2 atom stereocenters. The Morgan fingerprint density at radius 1 is 1.23 bits per heavy atom. The molecule has 0 bridgehead atoms. The van der Waals surface area contributed by atoms with Crippen molar-refractivity contribution in [1.29, 1.82) is 0 Å². The van der Waals surface area contributed by atoms with Crippen LogP contribution in [0.4, 0.5) is 5.95 Å². The zero-order chi connectivity index (χ0) is 18.5. The molecule has 4 rings (SSSR count). The zero-order valence-corrected chi connectivity index (χ0v) is 16.2. The summed E-state index contributed by atoms with van der Waals surface area (Å²) in [6.45, 7) is 7.93. The number of aromatic nitrogens is 2. The molecule has 2 aromatic rings. The van der Waals surface area contributed by atoms with Crippen molar-refractivity contribution in [2.45, 2.75) is 56.1 Å². The van der Waals surface area contributed by atoms with Gasteiger partial charge in [0.05, 0.1) is 10.4 Å². The van der Waals surface area contributed by atoms with Gasteiger partial charge >= 0.3 is 0 Å². The van der Waals surface area contributed by atoms with Crippen molar-refractivity contribution in [1.82, 2.24) is 20.0 Å². The van der Waals surface area contributed by atoms with Gasteiger partial charge in [-0.1, -0.05) is 0 Å². The van der Waals surface area contributed by atoms with E-state index in [1.54, 1.807) is 24.4 Å². The number of nitrogens with one attached hydrogen (secondary N) is 2. The Bertz CT molecular complexity index is 932. The first kappa shape index (κ1) is 17.6. The molecule has 0 spiro atoms. The Morgan fingerprint density at radius 3 is 2.58 bits per heavy atom. The van der Waals surface area contributed by atoms with E-state index in [-0.39, 0.29) is 10.4 Å². The second-order valence-corrected chi connectivity index (χ2v) is 9.61. The smallest absolute Gasteiger partial charge is 0.241 e. The highest BCUT2D eigenvalue weighted by atomic mass is 32.2. The van der Waals surface area contributed by atoms with Crippen molar-refractivity contribution in [2.24, 2.45) is 0 Å². The van der Waals surface area contributed by atoms with Gasteiger partial charge < -0.3 is 10.2 Å². The van der Waals surface area contributed by atoms with Crippen molar-refractivity contribution < 1.29 is 8.42 Å². The Balaban J connectivity index is 1.62. The number of benzene rings is 1. The summed E-state index contributed by atoms with van der Waals surface area (Å²) in [7, 11) is -3.52. The van der Waals surface area contributed by atoms with Crippen LogP contribution in [0.5, 0.6) is 0 Å². The molecule has 1 aromatic heterocycles. The van der Waals surface area contributed by atoms with E-state index in [9.17, 15) is 8.42 Å². The van der Waals surface area contributed by atoms with Crippen molar-refractivity contribution in [3.05, 3.63) is 24.4 Å². The second kappa shape index (κ2) is 6.14. The first-order valence-electron chi connectivity index (χ1n) is 9.06. The van der Waals surface area contributed by atoms with Gasteiger partial charge in [-0.2, -0.15) is 0 Å². The molecule has 26 heavy (non-hydrogen) atoms. The topological polar surface area (TPSA) is 87.2 Å². The quantitative estimate of drug-likeness (QED) is 0.845. The maximum atomic E-state index is 12.6. The second-order valence-electron chi connectivity index (χ2n) is 7.93. The lowest BCUT2D eigenvalue weighted by molar-refractivity contribution is 0.403. The van der Waals surface area contributed by atoms with E-state index in [0.29, 0.717) is 18.0 Å². The minimum atomic E-state index is -3.52. The Kier molecular flexibility index (Phi) is 4.17. The van der Waals surface area contributed by atoms with E-state index in [0.717, 1.165) is 36.8 Å². The van der Waals surface area contributed by atoms with E-state index < -0.39 is 10.0 Å². The highest BCUT2D eigenvalue weighted by Gasteiger charge is 2.41. The zero-order valence-electron chi connectivity index (χ0n) is 15.4. The molecule has 1 aromatic carbocycles. The summed E-state index contributed by atoms with van der Waals surface area (Å²) in [6.07, 6.45) is 3.48. The molecule has 1 aliphatic carbocycles. The number of nitrogens with zero attached hydrogens (tertiary/aromatic N) is 3. The third-order valence-corrected chi connectivity index (χ3v) is 6.71. The Hall–Kier alpha value is -1.77. The van der Waals surface area contributed by atoms with Gasteiger partial charge in [0.2, 0.25) is 16.0 Å². The molecular formula is C18H25N5O2S. The van der Waals surface area contributed by atoms with E-state index in [2.05, 4.69) is 38.8 Å². The fourth-order valence-corrected chi connectivity index (χ4v) is 4.98. The third-order valence-electron chi connectivity index (χ3n) is 5.07. The van der Waals surface area contributed by atoms with Crippen LogP contribution in [0, 0.1) is 0 Å². The molecule has 2 heterocycles. The van der Waals surface area contributed by atoms with Gasteiger partial charge in [-0.3, -0.25) is 0 Å². The largest absolute Gasteiger partial charge is 0.338 e. The number of fused-ring (bicyclic) bond motifs is 1. The predicted octanol–water partition coefficient (Wildman–Crippen LogP) is 1.65. The van der Waals surface area contributed by atoms with Crippen molar-refractivity contribution in [2.75, 3.05) is 18.0 Å². The van der Waals surface area contributed by atoms with Crippen LogP contribution in [0.3, 0.4) is 0 Å². The molecule has 0 radical (unpaired) electrons. The molecule has 2 N–H and O–H groups in total. The Labute approximate surface area is 154 Å². The highest BCUT2D eigenvalue weighted by Crippen LogP contribution is 2.36. The molecule has 7 nitrogen and oxygen atoms in total. The van der Waals surface area contributed by atoms with Crippen molar-refractivity contribution in [3.63, 3.8) is 0 Å². The fraction of sp³-hybridized carbons (Fsp3) is 0.556. The van der Waals surface area contributed by atoms with Gasteiger partial charge in [-0.15, -0.1) is 0 Å². The normalized spacial score (nSPS) is 25.4. The molecule has 1 saturated carbocycles. The first-order chi connectivity index (χ1) is 12.2. The molecule has 2 aliphatic rings. The first-order valence-corrected chi connectivity index (χ1v) is 10.5. The molecule has 1 saturated heterocycles. The van der Waals surface area contributed by atoms with E-state index in [1.165, 1.54) is 0 Å². The predicted molar refractivity (Wildman–Crippen MR) is 102 cm³/mol. The number of hydrogen-bond acceptors (Lipinski definition) is 6. The lowest BCUT2D eigenvalue weighted by Crippen LogP contribution is -2.54. The average Bonchev–Trinajstić information content (AvgIpc) is 3.29. The van der Waals surface area contributed by atoms with Crippen LogP contribution in [-0.2, 0) is 10.0 Å². The lowest BCUT2D eigenvalue weighted by Gasteiger charge is -2.36. The summed E-state index contributed by atoms with van der Waals surface area (Å²) in [5.74, 6) is 0.692. The summed E-state index contributed by atoms with van der Waals surface area (Å²) in [4.78, 5) is 11.6. The number of rotatable bonds is 4. The van der Waals surface area contributed by atoms with Gasteiger partial charge in [-0.25, -0.2) is 23.1 Å². The van der Waals surface area contributed by atoms with Gasteiger partial charge in [0.15, 0.2) is 0 Å². The summed E-state index contributed by atoms with van der Waals surface area (Å²) in [6, 6.07) is 5.78. The van der Waals surface area contributed by atoms with Crippen molar-refractivity contribution >= 4 is 26.9 Å². The van der Waals surface area contributed by atoms with Crippen LogP contribution in [-0.4, -0.2) is 49.1 Å². The molecule has 1 aliphatic heterocycles.